The van der Waals surface area contributed by atoms with Crippen LogP contribution in [-0.4, -0.2) is 21.2 Å². The number of rotatable bonds is 2. The monoisotopic (exact) mass is 251 g/mol. The van der Waals surface area contributed by atoms with Gasteiger partial charge in [-0.05, 0) is 13.8 Å². The van der Waals surface area contributed by atoms with Crippen molar-refractivity contribution in [1.29, 1.82) is 0 Å². The maximum atomic E-state index is 11.9. The quantitative estimate of drug-likeness (QED) is 0.753. The molecule has 0 N–H and O–H groups in total. The highest BCUT2D eigenvalue weighted by Crippen LogP contribution is 2.28. The molecule has 1 aliphatic rings. The van der Waals surface area contributed by atoms with Gasteiger partial charge in [0.1, 0.15) is 5.82 Å². The molecule has 0 fully saturated rings. The third-order valence-corrected chi connectivity index (χ3v) is 3.46. The molecule has 2 heterocycles. The first-order valence-corrected chi connectivity index (χ1v) is 6.10. The SMILES string of the molecule is CC1=C(C)C(=O)N(c2nc(C(C)C)ns2)C1=O. The minimum absolute atomic E-state index is 0.183. The summed E-state index contributed by atoms with van der Waals surface area (Å²) >= 11 is 1.08. The Kier molecular flexibility index (Phi) is 2.82. The first-order chi connectivity index (χ1) is 7.93. The average Bonchev–Trinajstić information content (AvgIpc) is 2.81. The molecule has 6 heteroatoms. The van der Waals surface area contributed by atoms with Crippen molar-refractivity contribution >= 4 is 28.5 Å². The van der Waals surface area contributed by atoms with E-state index >= 15 is 0 Å². The van der Waals surface area contributed by atoms with Gasteiger partial charge in [-0.2, -0.15) is 4.37 Å². The number of carbonyl (C=O) groups excluding carboxylic acids is 2. The predicted molar refractivity (Wildman–Crippen MR) is 64.9 cm³/mol. The van der Waals surface area contributed by atoms with Crippen molar-refractivity contribution in [2.24, 2.45) is 0 Å². The minimum atomic E-state index is -0.293. The van der Waals surface area contributed by atoms with Crippen molar-refractivity contribution in [2.45, 2.75) is 33.6 Å². The number of imide groups is 1. The second-order valence-corrected chi connectivity index (χ2v) is 5.02. The van der Waals surface area contributed by atoms with Gasteiger partial charge in [-0.3, -0.25) is 9.59 Å². The lowest BCUT2D eigenvalue weighted by Crippen LogP contribution is -2.31. The second kappa shape index (κ2) is 4.03. The van der Waals surface area contributed by atoms with Crippen LogP contribution in [0.3, 0.4) is 0 Å². The molecule has 0 saturated carbocycles. The highest BCUT2D eigenvalue weighted by molar-refractivity contribution is 7.10. The van der Waals surface area contributed by atoms with E-state index in [1.165, 1.54) is 0 Å². The Morgan fingerprint density at radius 3 is 2.06 bits per heavy atom. The number of amides is 2. The van der Waals surface area contributed by atoms with Gasteiger partial charge >= 0.3 is 0 Å². The Balaban J connectivity index is 2.36. The molecule has 2 rings (SSSR count). The van der Waals surface area contributed by atoms with E-state index in [-0.39, 0.29) is 17.7 Å². The number of anilines is 1. The summed E-state index contributed by atoms with van der Waals surface area (Å²) in [5.41, 5.74) is 0.965. The van der Waals surface area contributed by atoms with Gasteiger partial charge in [0.25, 0.3) is 11.8 Å². The molecule has 0 atom stereocenters. The van der Waals surface area contributed by atoms with Crippen LogP contribution in [-0.2, 0) is 9.59 Å². The summed E-state index contributed by atoms with van der Waals surface area (Å²) in [6.45, 7) is 7.24. The minimum Gasteiger partial charge on any atom is -0.268 e. The van der Waals surface area contributed by atoms with Crippen molar-refractivity contribution in [3.05, 3.63) is 17.0 Å². The van der Waals surface area contributed by atoms with Crippen molar-refractivity contribution < 1.29 is 9.59 Å². The molecule has 0 spiro atoms. The summed E-state index contributed by atoms with van der Waals surface area (Å²) in [7, 11) is 0. The number of nitrogens with zero attached hydrogens (tertiary/aromatic N) is 3. The fraction of sp³-hybridized carbons (Fsp3) is 0.455. The van der Waals surface area contributed by atoms with E-state index in [9.17, 15) is 9.59 Å². The zero-order chi connectivity index (χ0) is 12.7. The number of carbonyl (C=O) groups is 2. The van der Waals surface area contributed by atoms with E-state index in [0.717, 1.165) is 16.4 Å². The summed E-state index contributed by atoms with van der Waals surface area (Å²) in [6, 6.07) is 0. The molecule has 1 aromatic rings. The van der Waals surface area contributed by atoms with Crippen LogP contribution < -0.4 is 4.90 Å². The van der Waals surface area contributed by atoms with Gasteiger partial charge in [-0.25, -0.2) is 9.88 Å². The van der Waals surface area contributed by atoms with E-state index in [0.29, 0.717) is 22.1 Å². The van der Waals surface area contributed by atoms with Crippen LogP contribution in [0.4, 0.5) is 5.13 Å². The fourth-order valence-corrected chi connectivity index (χ4v) is 2.28. The smallest absolute Gasteiger partial charge is 0.263 e. The van der Waals surface area contributed by atoms with Crippen LogP contribution in [0, 0.1) is 0 Å². The predicted octanol–water partition coefficient (Wildman–Crippen LogP) is 1.87. The maximum absolute atomic E-state index is 11.9. The van der Waals surface area contributed by atoms with Gasteiger partial charge in [-0.1, -0.05) is 13.8 Å². The van der Waals surface area contributed by atoms with Crippen molar-refractivity contribution in [2.75, 3.05) is 4.90 Å². The molecule has 90 valence electrons. The van der Waals surface area contributed by atoms with Gasteiger partial charge in [0.2, 0.25) is 5.13 Å². The molecule has 1 aliphatic heterocycles. The van der Waals surface area contributed by atoms with E-state index in [1.54, 1.807) is 13.8 Å². The van der Waals surface area contributed by atoms with E-state index in [1.807, 2.05) is 13.8 Å². The molecular weight excluding hydrogens is 238 g/mol. The average molecular weight is 251 g/mol. The lowest BCUT2D eigenvalue weighted by molar-refractivity contribution is -0.120. The molecule has 1 aromatic heterocycles. The standard InChI is InChI=1S/C11H13N3O2S/c1-5(2)8-12-11(17-13-8)14-9(15)6(3)7(4)10(14)16/h5H,1-4H3. The summed E-state index contributed by atoms with van der Waals surface area (Å²) in [5.74, 6) is 0.258. The van der Waals surface area contributed by atoms with Crippen molar-refractivity contribution in [3.63, 3.8) is 0 Å². The Morgan fingerprint density at radius 2 is 1.65 bits per heavy atom. The summed E-state index contributed by atoms with van der Waals surface area (Å²) in [4.78, 5) is 29.1. The van der Waals surface area contributed by atoms with Crippen LogP contribution in [0.2, 0.25) is 0 Å². The molecule has 0 unspecified atom stereocenters. The number of aromatic nitrogens is 2. The topological polar surface area (TPSA) is 63.2 Å². The molecule has 0 aliphatic carbocycles. The van der Waals surface area contributed by atoms with Crippen molar-refractivity contribution in [3.8, 4) is 0 Å². The zero-order valence-corrected chi connectivity index (χ0v) is 11.0. The molecule has 0 bridgehead atoms. The van der Waals surface area contributed by atoms with Gasteiger partial charge in [0.05, 0.1) is 0 Å². The van der Waals surface area contributed by atoms with Crippen LogP contribution >= 0.6 is 11.5 Å². The van der Waals surface area contributed by atoms with Gasteiger partial charge in [0.15, 0.2) is 0 Å². The van der Waals surface area contributed by atoms with E-state index in [4.69, 9.17) is 0 Å². The largest absolute Gasteiger partial charge is 0.268 e. The zero-order valence-electron chi connectivity index (χ0n) is 10.1. The molecule has 17 heavy (non-hydrogen) atoms. The summed E-state index contributed by atoms with van der Waals surface area (Å²) < 4.78 is 4.15. The molecule has 0 aromatic carbocycles. The molecular formula is C11H13N3O2S. The third-order valence-electron chi connectivity index (χ3n) is 2.75. The number of hydrogen-bond acceptors (Lipinski definition) is 5. The lowest BCUT2D eigenvalue weighted by atomic mass is 10.2. The summed E-state index contributed by atoms with van der Waals surface area (Å²) in [6.07, 6.45) is 0. The Hall–Kier alpha value is -1.56. The van der Waals surface area contributed by atoms with Gasteiger partial charge < -0.3 is 0 Å². The molecule has 0 saturated heterocycles. The first kappa shape index (κ1) is 11.9. The molecule has 5 nitrogen and oxygen atoms in total. The van der Waals surface area contributed by atoms with Crippen molar-refractivity contribution in [1.82, 2.24) is 9.36 Å². The Morgan fingerprint density at radius 1 is 1.12 bits per heavy atom. The highest BCUT2D eigenvalue weighted by Gasteiger charge is 2.36. The number of hydrogen-bond donors (Lipinski definition) is 0. The summed E-state index contributed by atoms with van der Waals surface area (Å²) in [5, 5.41) is 0.361. The molecule has 2 amide bonds. The normalized spacial score (nSPS) is 16.6. The molecule has 0 radical (unpaired) electrons. The Bertz CT molecular complexity index is 507. The van der Waals surface area contributed by atoms with Crippen LogP contribution in [0.15, 0.2) is 11.1 Å². The van der Waals surface area contributed by atoms with E-state index in [2.05, 4.69) is 9.36 Å². The third kappa shape index (κ3) is 1.78. The van der Waals surface area contributed by atoms with E-state index < -0.39 is 0 Å². The maximum Gasteiger partial charge on any atom is 0.263 e. The van der Waals surface area contributed by atoms with Gasteiger partial charge in [-0.15, -0.1) is 0 Å². The lowest BCUT2D eigenvalue weighted by Gasteiger charge is -2.09. The second-order valence-electron chi connectivity index (χ2n) is 4.29. The highest BCUT2D eigenvalue weighted by atomic mass is 32.1. The Labute approximate surface area is 103 Å². The fourth-order valence-electron chi connectivity index (χ4n) is 1.47. The first-order valence-electron chi connectivity index (χ1n) is 5.33. The van der Waals surface area contributed by atoms with Crippen LogP contribution in [0.1, 0.15) is 39.4 Å². The van der Waals surface area contributed by atoms with Crippen LogP contribution in [0.5, 0.6) is 0 Å². The van der Waals surface area contributed by atoms with Gasteiger partial charge in [0, 0.05) is 28.6 Å². The van der Waals surface area contributed by atoms with Crippen LogP contribution in [0.25, 0.3) is 0 Å².